The first-order valence-corrected chi connectivity index (χ1v) is 5.45. The van der Waals surface area contributed by atoms with Crippen LogP contribution < -0.4 is 16.4 Å². The van der Waals surface area contributed by atoms with Gasteiger partial charge in [0, 0.05) is 6.54 Å². The quantitative estimate of drug-likeness (QED) is 0.469. The minimum atomic E-state index is -0.525. The highest BCUT2D eigenvalue weighted by Crippen LogP contribution is 2.25. The zero-order valence-corrected chi connectivity index (χ0v) is 9.90. The maximum atomic E-state index is 11.4. The number of nitrogens with one attached hydrogen (secondary N) is 2. The monoisotopic (exact) mass is 239 g/mol. The molecule has 0 aromatic carbocycles. The van der Waals surface area contributed by atoms with Crippen LogP contribution in [0, 0.1) is 0 Å². The molecule has 7 nitrogen and oxygen atoms in total. The number of fused-ring (bicyclic) bond motifs is 1. The molecule has 0 bridgehead atoms. The van der Waals surface area contributed by atoms with Crippen molar-refractivity contribution >= 4 is 12.2 Å². The van der Waals surface area contributed by atoms with Gasteiger partial charge in [-0.15, -0.1) is 0 Å². The highest BCUT2D eigenvalue weighted by atomic mass is 16.3. The molecule has 0 radical (unpaired) electrons. The Kier molecular flexibility index (Phi) is 2.80. The number of nitrogens with zero attached hydrogens (tertiary/aromatic N) is 2. The summed E-state index contributed by atoms with van der Waals surface area (Å²) in [5, 5.41) is 15.3. The Bertz CT molecular complexity index is 402. The lowest BCUT2D eigenvalue weighted by Crippen LogP contribution is -2.64. The van der Waals surface area contributed by atoms with E-state index in [1.807, 2.05) is 18.7 Å². The molecule has 0 saturated carbocycles. The predicted octanol–water partition coefficient (Wildman–Crippen LogP) is -1.73. The summed E-state index contributed by atoms with van der Waals surface area (Å²) in [6, 6.07) is 0. The van der Waals surface area contributed by atoms with E-state index < -0.39 is 11.6 Å². The number of aliphatic imine (C=N–C) groups is 1. The Morgan fingerprint density at radius 3 is 3.00 bits per heavy atom. The summed E-state index contributed by atoms with van der Waals surface area (Å²) in [7, 11) is 0. The van der Waals surface area contributed by atoms with Crippen LogP contribution in [0.3, 0.4) is 0 Å². The van der Waals surface area contributed by atoms with Gasteiger partial charge in [0.25, 0.3) is 5.91 Å². The van der Waals surface area contributed by atoms with Crippen molar-refractivity contribution in [3.63, 3.8) is 0 Å². The Hall–Kier alpha value is -1.60. The second kappa shape index (κ2) is 4.01. The molecule has 5 N–H and O–H groups in total. The van der Waals surface area contributed by atoms with E-state index in [0.717, 1.165) is 0 Å². The first-order chi connectivity index (χ1) is 7.94. The van der Waals surface area contributed by atoms with E-state index in [0.29, 0.717) is 17.9 Å². The first-order valence-electron chi connectivity index (χ1n) is 5.45. The zero-order valence-electron chi connectivity index (χ0n) is 9.90. The highest BCUT2D eigenvalue weighted by Gasteiger charge is 2.39. The van der Waals surface area contributed by atoms with E-state index in [2.05, 4.69) is 15.6 Å². The van der Waals surface area contributed by atoms with Gasteiger partial charge in [0.15, 0.2) is 0 Å². The lowest BCUT2D eigenvalue weighted by atomic mass is 10.1. The molecule has 1 amide bonds. The average Bonchev–Trinajstić information content (AvgIpc) is 2.59. The molecule has 17 heavy (non-hydrogen) atoms. The molecule has 2 rings (SSSR count). The molecule has 0 aromatic heterocycles. The molecule has 2 aliphatic heterocycles. The fraction of sp³-hybridized carbons (Fsp3) is 0.600. The van der Waals surface area contributed by atoms with E-state index in [4.69, 9.17) is 10.8 Å². The van der Waals surface area contributed by atoms with E-state index in [9.17, 15) is 4.79 Å². The molecular weight excluding hydrogens is 222 g/mol. The number of hydrogen-bond donors (Lipinski definition) is 4. The molecular formula is C10H17N5O2. The third-order valence-electron chi connectivity index (χ3n) is 2.73. The Morgan fingerprint density at radius 1 is 1.71 bits per heavy atom. The van der Waals surface area contributed by atoms with Crippen LogP contribution in [0.15, 0.2) is 16.4 Å². The maximum Gasteiger partial charge on any atom is 0.266 e. The standard InChI is InChI=1S/C10H17N5O2/c1-10(2)13-6(8(11)17)7-9(14-10)15(3-4-16)5-12-7/h5,9,13-14,16H,3-4H2,1-2H3,(H2,11,17). The maximum absolute atomic E-state index is 11.4. The minimum Gasteiger partial charge on any atom is -0.395 e. The molecule has 0 aliphatic carbocycles. The fourth-order valence-corrected chi connectivity index (χ4v) is 2.03. The lowest BCUT2D eigenvalue weighted by molar-refractivity contribution is -0.115. The molecule has 1 atom stereocenters. The Morgan fingerprint density at radius 2 is 2.41 bits per heavy atom. The predicted molar refractivity (Wildman–Crippen MR) is 62.6 cm³/mol. The van der Waals surface area contributed by atoms with E-state index >= 15 is 0 Å². The van der Waals surface area contributed by atoms with Crippen LogP contribution >= 0.6 is 0 Å². The molecule has 0 aromatic rings. The summed E-state index contributed by atoms with van der Waals surface area (Å²) in [6.07, 6.45) is 1.38. The van der Waals surface area contributed by atoms with Crippen LogP contribution in [-0.4, -0.2) is 47.2 Å². The van der Waals surface area contributed by atoms with Crippen molar-refractivity contribution in [2.45, 2.75) is 25.7 Å². The summed E-state index contributed by atoms with van der Waals surface area (Å²) in [4.78, 5) is 17.4. The topological polar surface area (TPSA) is 103 Å². The smallest absolute Gasteiger partial charge is 0.266 e. The molecule has 2 aliphatic rings. The molecule has 7 heteroatoms. The summed E-state index contributed by atoms with van der Waals surface area (Å²) < 4.78 is 0. The third-order valence-corrected chi connectivity index (χ3v) is 2.73. The number of carbonyl (C=O) groups excluding carboxylic acids is 1. The number of aliphatic hydroxyl groups excluding tert-OH is 1. The van der Waals surface area contributed by atoms with Crippen LogP contribution in [0.5, 0.6) is 0 Å². The lowest BCUT2D eigenvalue weighted by Gasteiger charge is -2.40. The summed E-state index contributed by atoms with van der Waals surface area (Å²) >= 11 is 0. The number of rotatable bonds is 3. The molecule has 1 unspecified atom stereocenters. The number of aliphatic hydroxyl groups is 1. The van der Waals surface area contributed by atoms with Crippen LogP contribution in [0.25, 0.3) is 0 Å². The summed E-state index contributed by atoms with van der Waals surface area (Å²) in [6.45, 7) is 4.29. The molecule has 0 fully saturated rings. The van der Waals surface area contributed by atoms with Gasteiger partial charge in [-0.25, -0.2) is 4.99 Å². The van der Waals surface area contributed by atoms with Gasteiger partial charge in [0.05, 0.1) is 18.6 Å². The van der Waals surface area contributed by atoms with Gasteiger partial charge in [-0.2, -0.15) is 0 Å². The van der Waals surface area contributed by atoms with Gasteiger partial charge in [-0.1, -0.05) is 0 Å². The number of carbonyl (C=O) groups is 1. The van der Waals surface area contributed by atoms with Crippen molar-refractivity contribution in [1.82, 2.24) is 15.5 Å². The van der Waals surface area contributed by atoms with Crippen LogP contribution in [0.1, 0.15) is 13.8 Å². The third kappa shape index (κ3) is 2.11. The van der Waals surface area contributed by atoms with E-state index in [1.54, 1.807) is 6.34 Å². The van der Waals surface area contributed by atoms with Crippen molar-refractivity contribution < 1.29 is 9.90 Å². The van der Waals surface area contributed by atoms with Crippen LogP contribution in [0.2, 0.25) is 0 Å². The Balaban J connectivity index is 2.34. The second-order valence-corrected chi connectivity index (χ2v) is 4.63. The number of nitrogens with two attached hydrogens (primary N) is 1. The van der Waals surface area contributed by atoms with Crippen molar-refractivity contribution in [2.24, 2.45) is 10.7 Å². The van der Waals surface area contributed by atoms with E-state index in [-0.39, 0.29) is 12.8 Å². The van der Waals surface area contributed by atoms with Crippen molar-refractivity contribution in [3.05, 3.63) is 11.4 Å². The SMILES string of the molecule is CC1(C)NC(C(N)=O)=C2N=CN(CCO)C2N1. The molecule has 2 heterocycles. The minimum absolute atomic E-state index is 0.0250. The largest absolute Gasteiger partial charge is 0.395 e. The first kappa shape index (κ1) is 11.9. The van der Waals surface area contributed by atoms with Crippen molar-refractivity contribution in [3.8, 4) is 0 Å². The zero-order chi connectivity index (χ0) is 12.6. The molecule has 94 valence electrons. The van der Waals surface area contributed by atoms with Gasteiger partial charge in [-0.3, -0.25) is 10.1 Å². The Labute approximate surface area is 99.4 Å². The summed E-state index contributed by atoms with van der Waals surface area (Å²) in [5.74, 6) is -0.525. The second-order valence-electron chi connectivity index (χ2n) is 4.63. The number of primary amides is 1. The van der Waals surface area contributed by atoms with Gasteiger partial charge in [0.2, 0.25) is 0 Å². The highest BCUT2D eigenvalue weighted by molar-refractivity contribution is 5.93. The van der Waals surface area contributed by atoms with Gasteiger partial charge in [0.1, 0.15) is 17.6 Å². The van der Waals surface area contributed by atoms with Crippen molar-refractivity contribution in [2.75, 3.05) is 13.2 Å². The van der Waals surface area contributed by atoms with Gasteiger partial charge >= 0.3 is 0 Å². The molecule has 0 saturated heterocycles. The number of β-amino-alcohol motifs (C(OH)–C–C–N with tert-alkyl or cyclic N) is 1. The fourth-order valence-electron chi connectivity index (χ4n) is 2.03. The van der Waals surface area contributed by atoms with Gasteiger partial charge in [-0.05, 0) is 13.8 Å². The number of amides is 1. The molecule has 0 spiro atoms. The van der Waals surface area contributed by atoms with E-state index in [1.165, 1.54) is 0 Å². The van der Waals surface area contributed by atoms with Crippen LogP contribution in [0.4, 0.5) is 0 Å². The average molecular weight is 239 g/mol. The normalized spacial score (nSPS) is 25.8. The summed E-state index contributed by atoms with van der Waals surface area (Å²) in [5.41, 5.74) is 5.78. The number of hydrogen-bond acceptors (Lipinski definition) is 6. The van der Waals surface area contributed by atoms with Gasteiger partial charge < -0.3 is 21.1 Å². The van der Waals surface area contributed by atoms with Crippen LogP contribution in [-0.2, 0) is 4.79 Å². The van der Waals surface area contributed by atoms with Crippen molar-refractivity contribution in [1.29, 1.82) is 0 Å².